The van der Waals surface area contributed by atoms with Gasteiger partial charge in [-0.05, 0) is 43.2 Å². The van der Waals surface area contributed by atoms with Gasteiger partial charge in [0.25, 0.3) is 0 Å². The van der Waals surface area contributed by atoms with E-state index in [0.29, 0.717) is 36.3 Å². The molecule has 6 rings (SSSR count). The van der Waals surface area contributed by atoms with Crippen molar-refractivity contribution in [3.8, 4) is 12.3 Å². The molecule has 0 saturated carbocycles. The van der Waals surface area contributed by atoms with Crippen molar-refractivity contribution in [3.63, 3.8) is 0 Å². The largest absolute Gasteiger partial charge is 0.362 e. The Bertz CT molecular complexity index is 1810. The number of amides is 1. The predicted octanol–water partition coefficient (Wildman–Crippen LogP) is 3.42. The molecule has 226 valence electrons. The third-order valence-electron chi connectivity index (χ3n) is 7.32. The van der Waals surface area contributed by atoms with E-state index in [1.807, 2.05) is 18.2 Å². The number of aromatic amines is 1. The van der Waals surface area contributed by atoms with E-state index < -0.39 is 0 Å². The molecule has 1 aromatic carbocycles. The van der Waals surface area contributed by atoms with Crippen molar-refractivity contribution in [3.05, 3.63) is 65.2 Å². The summed E-state index contributed by atoms with van der Waals surface area (Å²) in [4.78, 5) is 38.7. The minimum absolute atomic E-state index is 0.0487. The van der Waals surface area contributed by atoms with Crippen molar-refractivity contribution in [2.75, 3.05) is 23.7 Å². The van der Waals surface area contributed by atoms with Gasteiger partial charge >= 0.3 is 0 Å². The Hall–Kier alpha value is -4.55. The van der Waals surface area contributed by atoms with E-state index in [9.17, 15) is 9.18 Å². The highest BCUT2D eigenvalue weighted by atomic mass is 32.1. The number of carbonyl (C=O) groups excluding carboxylic acids is 1. The number of fused-ring (bicyclic) bond motifs is 2. The van der Waals surface area contributed by atoms with Crippen molar-refractivity contribution in [2.24, 2.45) is 0 Å². The Morgan fingerprint density at radius 1 is 1.09 bits per heavy atom. The fraction of sp³-hybridized carbons (Fsp3) is 0.333. The molecule has 0 spiro atoms. The molecule has 1 aliphatic rings. The second kappa shape index (κ2) is 13.4. The number of hydrogen-bond acceptors (Lipinski definition) is 11. The first-order valence-corrected chi connectivity index (χ1v) is 15.2. The van der Waals surface area contributed by atoms with E-state index in [0.717, 1.165) is 64.7 Å². The minimum atomic E-state index is -0.368. The van der Waals surface area contributed by atoms with Crippen molar-refractivity contribution in [1.82, 2.24) is 46.1 Å². The van der Waals surface area contributed by atoms with E-state index in [-0.39, 0.29) is 23.9 Å². The first-order valence-electron chi connectivity index (χ1n) is 14.4. The average Bonchev–Trinajstić information content (AvgIpc) is 3.48. The second-order valence-electron chi connectivity index (χ2n) is 10.5. The highest BCUT2D eigenvalue weighted by Gasteiger charge is 2.40. The van der Waals surface area contributed by atoms with E-state index >= 15 is 0 Å². The summed E-state index contributed by atoms with van der Waals surface area (Å²) in [6.45, 7) is 1.68. The van der Waals surface area contributed by atoms with Gasteiger partial charge in [0.15, 0.2) is 5.82 Å². The van der Waals surface area contributed by atoms with E-state index in [1.54, 1.807) is 12.3 Å². The van der Waals surface area contributed by atoms with Gasteiger partial charge in [-0.25, -0.2) is 35.2 Å². The van der Waals surface area contributed by atoms with Gasteiger partial charge in [0.05, 0.1) is 33.9 Å². The third-order valence-corrected chi connectivity index (χ3v) is 8.34. The molecule has 1 aliphatic heterocycles. The van der Waals surface area contributed by atoms with E-state index in [1.165, 1.54) is 23.7 Å². The first-order chi connectivity index (χ1) is 21.5. The van der Waals surface area contributed by atoms with Gasteiger partial charge < -0.3 is 20.9 Å². The zero-order chi connectivity index (χ0) is 30.4. The number of thiazole rings is 1. The summed E-state index contributed by atoms with van der Waals surface area (Å²) in [5, 5.41) is 10.5. The standard InChI is InChI=1S/C30H32FN11OS/c1-2-3-11-30(41-42-30)12-8-25(43)37-19-6-7-21-22(16-19)39-24(38-21)9-14-32-15-10-26-40-27-28(35-18-36-29(27)44-26)34-17-23-20(31)5-4-13-33-23/h1,4-7,13,16,18,32,41-42H,3,8-12,14-15,17H2,(H,37,43)(H,38,39)(H,34,35,36). The van der Waals surface area contributed by atoms with Gasteiger partial charge in [0.1, 0.15) is 28.3 Å². The Morgan fingerprint density at radius 2 is 1.98 bits per heavy atom. The van der Waals surface area contributed by atoms with Crippen molar-refractivity contribution in [2.45, 2.75) is 50.7 Å². The lowest BCUT2D eigenvalue weighted by Crippen LogP contribution is -2.21. The summed E-state index contributed by atoms with van der Waals surface area (Å²) in [7, 11) is 0. The fourth-order valence-corrected chi connectivity index (χ4v) is 5.73. The number of hydrazine groups is 1. The van der Waals surface area contributed by atoms with Gasteiger partial charge in [-0.2, -0.15) is 0 Å². The van der Waals surface area contributed by atoms with Crippen LogP contribution in [-0.2, 0) is 24.2 Å². The van der Waals surface area contributed by atoms with Crippen molar-refractivity contribution in [1.29, 1.82) is 0 Å². The molecule has 5 aromatic rings. The second-order valence-corrected chi connectivity index (χ2v) is 11.6. The number of nitrogens with zero attached hydrogens (tertiary/aromatic N) is 5. The van der Waals surface area contributed by atoms with Gasteiger partial charge in [-0.15, -0.1) is 12.3 Å². The summed E-state index contributed by atoms with van der Waals surface area (Å²) >= 11 is 1.52. The summed E-state index contributed by atoms with van der Waals surface area (Å²) in [6, 6.07) is 8.63. The van der Waals surface area contributed by atoms with Crippen LogP contribution in [0.15, 0.2) is 42.9 Å². The van der Waals surface area contributed by atoms with Crippen LogP contribution in [0.1, 0.15) is 42.2 Å². The average molecular weight is 614 g/mol. The molecule has 0 aliphatic carbocycles. The molecule has 14 heteroatoms. The number of halogens is 1. The molecular weight excluding hydrogens is 581 g/mol. The number of rotatable bonds is 15. The maximum absolute atomic E-state index is 13.9. The van der Waals surface area contributed by atoms with Crippen molar-refractivity contribution < 1.29 is 9.18 Å². The van der Waals surface area contributed by atoms with Crippen molar-refractivity contribution >= 4 is 50.1 Å². The van der Waals surface area contributed by atoms with E-state index in [4.69, 9.17) is 16.4 Å². The number of H-pyrrole nitrogens is 1. The topological polar surface area (TPSA) is 177 Å². The first kappa shape index (κ1) is 29.5. The van der Waals surface area contributed by atoms with Gasteiger partial charge in [-0.3, -0.25) is 9.78 Å². The molecule has 12 nitrogen and oxygen atoms in total. The lowest BCUT2D eigenvalue weighted by atomic mass is 10.0. The Morgan fingerprint density at radius 3 is 2.82 bits per heavy atom. The maximum atomic E-state index is 13.9. The van der Waals surface area contributed by atoms with Crippen LogP contribution in [0.2, 0.25) is 0 Å². The van der Waals surface area contributed by atoms with Gasteiger partial charge in [0.2, 0.25) is 5.91 Å². The van der Waals surface area contributed by atoms with Gasteiger partial charge in [-0.1, -0.05) is 11.3 Å². The number of terminal acetylenes is 1. The molecule has 44 heavy (non-hydrogen) atoms. The van der Waals surface area contributed by atoms with Crippen LogP contribution in [0.4, 0.5) is 15.9 Å². The van der Waals surface area contributed by atoms with Crippen LogP contribution in [0, 0.1) is 18.2 Å². The number of pyridine rings is 1. The monoisotopic (exact) mass is 613 g/mol. The Labute approximate surface area is 257 Å². The quantitative estimate of drug-likeness (QED) is 0.0583. The molecule has 1 saturated heterocycles. The highest BCUT2D eigenvalue weighted by molar-refractivity contribution is 7.18. The molecule has 1 amide bonds. The molecule has 0 bridgehead atoms. The lowest BCUT2D eigenvalue weighted by molar-refractivity contribution is -0.116. The number of imidazole rings is 1. The number of carbonyl (C=O) groups is 1. The normalized spacial score (nSPS) is 13.6. The van der Waals surface area contributed by atoms with Crippen LogP contribution < -0.4 is 26.8 Å². The van der Waals surface area contributed by atoms with E-state index in [2.05, 4.69) is 52.7 Å². The molecule has 6 N–H and O–H groups in total. The molecule has 1 fully saturated rings. The highest BCUT2D eigenvalue weighted by Crippen LogP contribution is 2.26. The molecular formula is C30H32FN11OS. The molecule has 0 radical (unpaired) electrons. The zero-order valence-electron chi connectivity index (χ0n) is 23.9. The number of anilines is 2. The summed E-state index contributed by atoms with van der Waals surface area (Å²) in [6.07, 6.45) is 12.4. The molecule has 0 unspecified atom stereocenters. The number of aromatic nitrogens is 6. The third kappa shape index (κ3) is 7.32. The Kier molecular flexibility index (Phi) is 8.99. The van der Waals surface area contributed by atoms with Gasteiger partial charge in [0, 0.05) is 50.7 Å². The smallest absolute Gasteiger partial charge is 0.224 e. The zero-order valence-corrected chi connectivity index (χ0v) is 24.7. The van der Waals surface area contributed by atoms with Crippen LogP contribution in [0.3, 0.4) is 0 Å². The van der Waals surface area contributed by atoms with Crippen LogP contribution in [0.5, 0.6) is 0 Å². The maximum Gasteiger partial charge on any atom is 0.224 e. The molecule has 5 heterocycles. The fourth-order valence-electron chi connectivity index (χ4n) is 4.83. The molecule has 4 aromatic heterocycles. The predicted molar refractivity (Wildman–Crippen MR) is 168 cm³/mol. The Balaban J connectivity index is 0.952. The number of benzene rings is 1. The minimum Gasteiger partial charge on any atom is -0.362 e. The van der Waals surface area contributed by atoms with Crippen LogP contribution >= 0.6 is 11.3 Å². The lowest BCUT2D eigenvalue weighted by Gasteiger charge is -2.10. The summed E-state index contributed by atoms with van der Waals surface area (Å²) in [5.74, 6) is 3.65. The number of nitrogens with one attached hydrogen (secondary N) is 6. The SMILES string of the molecule is C#CCCC1(CCC(=O)Nc2ccc3[nH]c(CCNCCc4nc5c(NCc6ncccc6F)ncnc5s4)nc3c2)NN1. The van der Waals surface area contributed by atoms with Crippen LogP contribution in [0.25, 0.3) is 21.4 Å². The van der Waals surface area contributed by atoms with Crippen LogP contribution in [-0.4, -0.2) is 54.6 Å². The summed E-state index contributed by atoms with van der Waals surface area (Å²) < 4.78 is 13.9. The molecule has 0 atom stereocenters. The number of hydrogen-bond donors (Lipinski definition) is 6. The summed E-state index contributed by atoms with van der Waals surface area (Å²) in [5.41, 5.74) is 9.44.